The van der Waals surface area contributed by atoms with Gasteiger partial charge in [0.05, 0.1) is 12.6 Å². The lowest BCUT2D eigenvalue weighted by atomic mass is 9.95. The lowest BCUT2D eigenvalue weighted by molar-refractivity contribution is -0.128. The highest BCUT2D eigenvalue weighted by Gasteiger charge is 2.33. The number of thioether (sulfide) groups is 1. The molecule has 0 saturated carbocycles. The third-order valence-corrected chi connectivity index (χ3v) is 4.17. The summed E-state index contributed by atoms with van der Waals surface area (Å²) in [7, 11) is 0. The average Bonchev–Trinajstić information content (AvgIpc) is 2.87. The fourth-order valence-electron chi connectivity index (χ4n) is 1.73. The van der Waals surface area contributed by atoms with Crippen molar-refractivity contribution in [2.75, 3.05) is 18.8 Å². The molecule has 0 aromatic heterocycles. The van der Waals surface area contributed by atoms with E-state index in [9.17, 15) is 9.59 Å². The van der Waals surface area contributed by atoms with Crippen LogP contribution in [0.4, 0.5) is 0 Å². The topological polar surface area (TPSA) is 84.2 Å². The molecular weight excluding hydrogens is 238 g/mol. The van der Waals surface area contributed by atoms with Gasteiger partial charge in [-0.25, -0.2) is 0 Å². The maximum atomic E-state index is 12.3. The van der Waals surface area contributed by atoms with E-state index in [1.807, 2.05) is 13.8 Å². The van der Waals surface area contributed by atoms with Crippen molar-refractivity contribution in [3.63, 3.8) is 0 Å². The summed E-state index contributed by atoms with van der Waals surface area (Å²) >= 11 is 1.60. The highest BCUT2D eigenvalue weighted by molar-refractivity contribution is 8.00. The van der Waals surface area contributed by atoms with Crippen LogP contribution in [0.25, 0.3) is 0 Å². The Morgan fingerprint density at radius 3 is 2.76 bits per heavy atom. The number of amides is 1. The Kier molecular flexibility index (Phi) is 5.94. The SMILES string of the molecule is CC[C@H](C)[C@H](NC(=O)CN)C(=O)C1NCCS1. The van der Waals surface area contributed by atoms with E-state index in [0.717, 1.165) is 18.7 Å². The lowest BCUT2D eigenvalue weighted by Gasteiger charge is -2.25. The van der Waals surface area contributed by atoms with Crippen molar-refractivity contribution in [3.05, 3.63) is 0 Å². The molecule has 5 nitrogen and oxygen atoms in total. The highest BCUT2D eigenvalue weighted by Crippen LogP contribution is 2.19. The molecular formula is C11H21N3O2S. The van der Waals surface area contributed by atoms with Gasteiger partial charge in [0.15, 0.2) is 5.78 Å². The number of nitrogens with one attached hydrogen (secondary N) is 2. The monoisotopic (exact) mass is 259 g/mol. The smallest absolute Gasteiger partial charge is 0.234 e. The third-order valence-electron chi connectivity index (χ3n) is 3.00. The summed E-state index contributed by atoms with van der Waals surface area (Å²) in [5.74, 6) is 0.852. The van der Waals surface area contributed by atoms with Crippen LogP contribution in [0.15, 0.2) is 0 Å². The van der Waals surface area contributed by atoms with Gasteiger partial charge < -0.3 is 11.1 Å². The Morgan fingerprint density at radius 2 is 2.29 bits per heavy atom. The predicted octanol–water partition coefficient (Wildman–Crippen LogP) is -0.292. The molecule has 0 aliphatic carbocycles. The molecule has 0 radical (unpaired) electrons. The van der Waals surface area contributed by atoms with E-state index in [1.165, 1.54) is 0 Å². The van der Waals surface area contributed by atoms with Crippen molar-refractivity contribution in [1.82, 2.24) is 10.6 Å². The van der Waals surface area contributed by atoms with Crippen LogP contribution in [-0.4, -0.2) is 41.9 Å². The molecule has 6 heteroatoms. The van der Waals surface area contributed by atoms with Gasteiger partial charge in [0.2, 0.25) is 5.91 Å². The Hall–Kier alpha value is -0.590. The van der Waals surface area contributed by atoms with Crippen LogP contribution in [0.3, 0.4) is 0 Å². The molecule has 1 amide bonds. The Bertz CT molecular complexity index is 280. The molecule has 17 heavy (non-hydrogen) atoms. The summed E-state index contributed by atoms with van der Waals surface area (Å²) in [4.78, 5) is 23.6. The van der Waals surface area contributed by atoms with Crippen molar-refractivity contribution in [2.24, 2.45) is 11.7 Å². The number of carbonyl (C=O) groups is 2. The average molecular weight is 259 g/mol. The zero-order chi connectivity index (χ0) is 12.8. The van der Waals surface area contributed by atoms with Crippen molar-refractivity contribution < 1.29 is 9.59 Å². The summed E-state index contributed by atoms with van der Waals surface area (Å²) in [5.41, 5.74) is 5.27. The second kappa shape index (κ2) is 6.98. The molecule has 1 unspecified atom stereocenters. The molecule has 98 valence electrons. The molecule has 3 atom stereocenters. The van der Waals surface area contributed by atoms with Gasteiger partial charge in [0, 0.05) is 12.3 Å². The van der Waals surface area contributed by atoms with Crippen LogP contribution in [0, 0.1) is 5.92 Å². The van der Waals surface area contributed by atoms with E-state index in [4.69, 9.17) is 5.73 Å². The van der Waals surface area contributed by atoms with Crippen LogP contribution in [-0.2, 0) is 9.59 Å². The number of hydrogen-bond donors (Lipinski definition) is 3. The number of rotatable bonds is 6. The van der Waals surface area contributed by atoms with E-state index >= 15 is 0 Å². The highest BCUT2D eigenvalue weighted by atomic mass is 32.2. The first-order valence-electron chi connectivity index (χ1n) is 5.98. The number of ketones is 1. The molecule has 0 aromatic rings. The summed E-state index contributed by atoms with van der Waals surface area (Å²) in [6, 6.07) is -0.431. The van der Waals surface area contributed by atoms with E-state index in [-0.39, 0.29) is 29.5 Å². The van der Waals surface area contributed by atoms with Gasteiger partial charge in [-0.1, -0.05) is 20.3 Å². The molecule has 0 bridgehead atoms. The zero-order valence-corrected chi connectivity index (χ0v) is 11.2. The number of nitrogens with two attached hydrogens (primary N) is 1. The van der Waals surface area contributed by atoms with E-state index in [0.29, 0.717) is 0 Å². The second-order valence-electron chi connectivity index (χ2n) is 4.24. The van der Waals surface area contributed by atoms with Gasteiger partial charge in [-0.05, 0) is 5.92 Å². The van der Waals surface area contributed by atoms with Crippen molar-refractivity contribution in [3.8, 4) is 0 Å². The van der Waals surface area contributed by atoms with Crippen molar-refractivity contribution >= 4 is 23.5 Å². The summed E-state index contributed by atoms with van der Waals surface area (Å²) in [6.45, 7) is 4.75. The van der Waals surface area contributed by atoms with Crippen LogP contribution >= 0.6 is 11.8 Å². The minimum Gasteiger partial charge on any atom is -0.345 e. The molecule has 4 N–H and O–H groups in total. The normalized spacial score (nSPS) is 23.1. The van der Waals surface area contributed by atoms with E-state index < -0.39 is 6.04 Å². The molecule has 0 aromatic carbocycles. The van der Waals surface area contributed by atoms with Crippen LogP contribution in [0.1, 0.15) is 20.3 Å². The molecule has 1 saturated heterocycles. The maximum absolute atomic E-state index is 12.3. The Balaban J connectivity index is 2.67. The minimum absolute atomic E-state index is 0.0589. The Labute approximate surface area is 106 Å². The fraction of sp³-hybridized carbons (Fsp3) is 0.818. The standard InChI is InChI=1S/C11H21N3O2S/c1-3-7(2)9(14-8(15)6-12)10(16)11-13-4-5-17-11/h7,9,11,13H,3-6,12H2,1-2H3,(H,14,15)/t7-,9-,11?/m0/s1. The number of Topliss-reactive ketones (excluding diaryl/α,β-unsaturated/α-hetero) is 1. The zero-order valence-electron chi connectivity index (χ0n) is 10.4. The first-order valence-corrected chi connectivity index (χ1v) is 7.03. The van der Waals surface area contributed by atoms with Gasteiger partial charge in [0.25, 0.3) is 0 Å². The number of hydrogen-bond acceptors (Lipinski definition) is 5. The Morgan fingerprint density at radius 1 is 1.59 bits per heavy atom. The molecule has 1 aliphatic rings. The van der Waals surface area contributed by atoms with Gasteiger partial charge in [-0.2, -0.15) is 0 Å². The number of carbonyl (C=O) groups excluding carboxylic acids is 2. The van der Waals surface area contributed by atoms with Gasteiger partial charge in [-0.15, -0.1) is 11.8 Å². The van der Waals surface area contributed by atoms with Gasteiger partial charge >= 0.3 is 0 Å². The first-order chi connectivity index (χ1) is 8.10. The summed E-state index contributed by atoms with van der Waals surface area (Å²) < 4.78 is 0. The van der Waals surface area contributed by atoms with Crippen LogP contribution in [0.5, 0.6) is 0 Å². The largest absolute Gasteiger partial charge is 0.345 e. The lowest BCUT2D eigenvalue weighted by Crippen LogP contribution is -2.51. The molecule has 1 heterocycles. The molecule has 1 fully saturated rings. The van der Waals surface area contributed by atoms with Crippen LogP contribution < -0.4 is 16.4 Å². The van der Waals surface area contributed by atoms with Crippen molar-refractivity contribution in [2.45, 2.75) is 31.7 Å². The molecule has 1 aliphatic heterocycles. The minimum atomic E-state index is -0.431. The predicted molar refractivity (Wildman–Crippen MR) is 69.7 cm³/mol. The van der Waals surface area contributed by atoms with Gasteiger partial charge in [0.1, 0.15) is 5.37 Å². The molecule has 1 rings (SSSR count). The van der Waals surface area contributed by atoms with Crippen LogP contribution in [0.2, 0.25) is 0 Å². The second-order valence-corrected chi connectivity index (χ2v) is 5.46. The van der Waals surface area contributed by atoms with E-state index in [1.54, 1.807) is 11.8 Å². The van der Waals surface area contributed by atoms with E-state index in [2.05, 4.69) is 10.6 Å². The summed E-state index contributed by atoms with van der Waals surface area (Å²) in [5, 5.41) is 5.68. The van der Waals surface area contributed by atoms with Crippen molar-refractivity contribution in [1.29, 1.82) is 0 Å². The third kappa shape index (κ3) is 3.97. The molecule has 0 spiro atoms. The quantitative estimate of drug-likeness (QED) is 0.610. The van der Waals surface area contributed by atoms with Gasteiger partial charge in [-0.3, -0.25) is 14.9 Å². The maximum Gasteiger partial charge on any atom is 0.234 e. The summed E-state index contributed by atoms with van der Waals surface area (Å²) in [6.07, 6.45) is 0.846. The first kappa shape index (κ1) is 14.5. The fourth-order valence-corrected chi connectivity index (χ4v) is 2.75.